The van der Waals surface area contributed by atoms with Crippen LogP contribution in [0, 0.1) is 13.8 Å². The van der Waals surface area contributed by atoms with Gasteiger partial charge in [0.15, 0.2) is 0 Å². The van der Waals surface area contributed by atoms with Crippen LogP contribution < -0.4 is 9.47 Å². The largest absolute Gasteiger partial charge is 0.508 e. The predicted octanol–water partition coefficient (Wildman–Crippen LogP) is 4.73. The van der Waals surface area contributed by atoms with Crippen molar-refractivity contribution in [2.24, 2.45) is 0 Å². The van der Waals surface area contributed by atoms with Gasteiger partial charge in [-0.05, 0) is 87.1 Å². The number of aromatic hydroxyl groups is 2. The van der Waals surface area contributed by atoms with E-state index in [9.17, 15) is 10.2 Å². The van der Waals surface area contributed by atoms with Gasteiger partial charge in [-0.2, -0.15) is 0 Å². The molecule has 0 spiro atoms. The second-order valence-electron chi connectivity index (χ2n) is 6.01. The van der Waals surface area contributed by atoms with Crippen LogP contribution >= 0.6 is 0 Å². The Hall–Kier alpha value is -2.36. The number of hydrogen-bond donors (Lipinski definition) is 2. The Kier molecular flexibility index (Phi) is 6.79. The van der Waals surface area contributed by atoms with Crippen molar-refractivity contribution in [2.75, 3.05) is 13.2 Å². The van der Waals surface area contributed by atoms with E-state index >= 15 is 0 Å². The number of rotatable bonds is 9. The lowest BCUT2D eigenvalue weighted by Gasteiger charge is -2.09. The summed E-state index contributed by atoms with van der Waals surface area (Å²) in [7, 11) is 0. The van der Waals surface area contributed by atoms with Crippen LogP contribution in [0.1, 0.15) is 36.8 Å². The number of phenolic OH excluding ortho intramolecular Hbond substituents is 2. The molecule has 0 amide bonds. The maximum Gasteiger partial charge on any atom is 0.119 e. The molecule has 0 saturated carbocycles. The SMILES string of the molecule is Cc1cc(OCCCCCCOc2ccc(O)c(C)c2)ccc1O. The molecule has 0 aliphatic heterocycles. The van der Waals surface area contributed by atoms with Gasteiger partial charge in [-0.15, -0.1) is 0 Å². The summed E-state index contributed by atoms with van der Waals surface area (Å²) in [6.45, 7) is 5.08. The third kappa shape index (κ3) is 5.69. The van der Waals surface area contributed by atoms with Crippen LogP contribution in [0.4, 0.5) is 0 Å². The van der Waals surface area contributed by atoms with Crippen LogP contribution in [0.5, 0.6) is 23.0 Å². The van der Waals surface area contributed by atoms with Gasteiger partial charge in [0.2, 0.25) is 0 Å². The maximum atomic E-state index is 9.47. The van der Waals surface area contributed by atoms with E-state index < -0.39 is 0 Å². The second-order valence-corrected chi connectivity index (χ2v) is 6.01. The van der Waals surface area contributed by atoms with E-state index in [0.29, 0.717) is 24.7 Å². The van der Waals surface area contributed by atoms with Crippen LogP contribution in [-0.2, 0) is 0 Å². The Morgan fingerprint density at radius 2 is 1.08 bits per heavy atom. The van der Waals surface area contributed by atoms with Gasteiger partial charge in [0.25, 0.3) is 0 Å². The number of benzene rings is 2. The van der Waals surface area contributed by atoms with Crippen LogP contribution in [0.2, 0.25) is 0 Å². The quantitative estimate of drug-likeness (QED) is 0.652. The Morgan fingerprint density at radius 1 is 0.667 bits per heavy atom. The highest BCUT2D eigenvalue weighted by Gasteiger charge is 2.00. The smallest absolute Gasteiger partial charge is 0.119 e. The molecule has 4 nitrogen and oxygen atoms in total. The minimum absolute atomic E-state index is 0.297. The average molecular weight is 330 g/mol. The monoisotopic (exact) mass is 330 g/mol. The Bertz CT molecular complexity index is 595. The first-order valence-corrected chi connectivity index (χ1v) is 8.41. The van der Waals surface area contributed by atoms with Crippen molar-refractivity contribution in [3.05, 3.63) is 47.5 Å². The minimum atomic E-state index is 0.297. The number of unbranched alkanes of at least 4 members (excludes halogenated alkanes) is 3. The molecule has 0 radical (unpaired) electrons. The van der Waals surface area contributed by atoms with Crippen LogP contribution in [0.3, 0.4) is 0 Å². The molecule has 2 rings (SSSR count). The van der Waals surface area contributed by atoms with E-state index in [0.717, 1.165) is 48.3 Å². The molecule has 0 atom stereocenters. The summed E-state index contributed by atoms with van der Waals surface area (Å²) < 4.78 is 11.4. The zero-order valence-corrected chi connectivity index (χ0v) is 14.4. The molecule has 0 aliphatic carbocycles. The summed E-state index contributed by atoms with van der Waals surface area (Å²) in [4.78, 5) is 0. The number of aryl methyl sites for hydroxylation is 2. The van der Waals surface area contributed by atoms with Crippen molar-refractivity contribution in [1.82, 2.24) is 0 Å². The van der Waals surface area contributed by atoms with Crippen molar-refractivity contribution in [3.8, 4) is 23.0 Å². The second kappa shape index (κ2) is 9.06. The minimum Gasteiger partial charge on any atom is -0.508 e. The number of ether oxygens (including phenoxy) is 2. The van der Waals surface area contributed by atoms with Gasteiger partial charge in [-0.3, -0.25) is 0 Å². The molecule has 2 N–H and O–H groups in total. The molecule has 2 aromatic rings. The fraction of sp³-hybridized carbons (Fsp3) is 0.400. The summed E-state index contributed by atoms with van der Waals surface area (Å²) in [6.07, 6.45) is 4.18. The number of hydrogen-bond acceptors (Lipinski definition) is 4. The summed E-state index contributed by atoms with van der Waals surface area (Å²) in [5.41, 5.74) is 1.66. The van der Waals surface area contributed by atoms with E-state index in [-0.39, 0.29) is 0 Å². The van der Waals surface area contributed by atoms with Crippen molar-refractivity contribution >= 4 is 0 Å². The topological polar surface area (TPSA) is 58.9 Å². The van der Waals surface area contributed by atoms with Gasteiger partial charge >= 0.3 is 0 Å². The molecule has 0 aliphatic rings. The van der Waals surface area contributed by atoms with Gasteiger partial charge in [0.1, 0.15) is 23.0 Å². The molecule has 0 fully saturated rings. The van der Waals surface area contributed by atoms with Crippen molar-refractivity contribution in [2.45, 2.75) is 39.5 Å². The van der Waals surface area contributed by atoms with Crippen LogP contribution in [-0.4, -0.2) is 23.4 Å². The van der Waals surface area contributed by atoms with E-state index in [1.807, 2.05) is 26.0 Å². The molecular formula is C20H26O4. The summed E-state index contributed by atoms with van der Waals surface area (Å²) in [5.74, 6) is 2.20. The Labute approximate surface area is 143 Å². The normalized spacial score (nSPS) is 10.6. The Morgan fingerprint density at radius 3 is 1.46 bits per heavy atom. The fourth-order valence-corrected chi connectivity index (χ4v) is 2.37. The van der Waals surface area contributed by atoms with Crippen molar-refractivity contribution in [3.63, 3.8) is 0 Å². The molecule has 0 bridgehead atoms. The molecule has 2 aromatic carbocycles. The molecule has 0 aromatic heterocycles. The van der Waals surface area contributed by atoms with Crippen molar-refractivity contribution < 1.29 is 19.7 Å². The molecule has 130 valence electrons. The first-order valence-electron chi connectivity index (χ1n) is 8.41. The number of phenols is 2. The van der Waals surface area contributed by atoms with Crippen LogP contribution in [0.15, 0.2) is 36.4 Å². The van der Waals surface area contributed by atoms with E-state index in [1.54, 1.807) is 24.3 Å². The predicted molar refractivity (Wildman–Crippen MR) is 95.1 cm³/mol. The zero-order chi connectivity index (χ0) is 17.4. The van der Waals surface area contributed by atoms with Gasteiger partial charge < -0.3 is 19.7 Å². The lowest BCUT2D eigenvalue weighted by atomic mass is 10.2. The first-order chi connectivity index (χ1) is 11.6. The van der Waals surface area contributed by atoms with Gasteiger partial charge in [0, 0.05) is 0 Å². The average Bonchev–Trinajstić information content (AvgIpc) is 2.56. The van der Waals surface area contributed by atoms with E-state index in [1.165, 1.54) is 0 Å². The molecule has 4 heteroatoms. The van der Waals surface area contributed by atoms with E-state index in [4.69, 9.17) is 9.47 Å². The first kappa shape index (κ1) is 18.0. The summed E-state index contributed by atoms with van der Waals surface area (Å²) in [6, 6.07) is 10.6. The van der Waals surface area contributed by atoms with Gasteiger partial charge in [0.05, 0.1) is 13.2 Å². The highest BCUT2D eigenvalue weighted by Crippen LogP contribution is 2.23. The third-order valence-corrected chi connectivity index (χ3v) is 3.91. The van der Waals surface area contributed by atoms with E-state index in [2.05, 4.69) is 0 Å². The van der Waals surface area contributed by atoms with Gasteiger partial charge in [-0.1, -0.05) is 0 Å². The van der Waals surface area contributed by atoms with Crippen molar-refractivity contribution in [1.29, 1.82) is 0 Å². The molecule has 0 heterocycles. The molecular weight excluding hydrogens is 304 g/mol. The third-order valence-electron chi connectivity index (χ3n) is 3.91. The summed E-state index contributed by atoms with van der Waals surface area (Å²) >= 11 is 0. The highest BCUT2D eigenvalue weighted by atomic mass is 16.5. The maximum absolute atomic E-state index is 9.47. The molecule has 24 heavy (non-hydrogen) atoms. The molecule has 0 unspecified atom stereocenters. The highest BCUT2D eigenvalue weighted by molar-refractivity contribution is 5.38. The fourth-order valence-electron chi connectivity index (χ4n) is 2.37. The lowest BCUT2D eigenvalue weighted by molar-refractivity contribution is 0.287. The summed E-state index contributed by atoms with van der Waals surface area (Å²) in [5, 5.41) is 18.9. The van der Waals surface area contributed by atoms with Crippen LogP contribution in [0.25, 0.3) is 0 Å². The lowest BCUT2D eigenvalue weighted by Crippen LogP contribution is -2.00. The molecule has 0 saturated heterocycles. The van der Waals surface area contributed by atoms with Gasteiger partial charge in [-0.25, -0.2) is 0 Å². The zero-order valence-electron chi connectivity index (χ0n) is 14.4. The standard InChI is InChI=1S/C20H26O4/c1-15-13-17(7-9-19(15)21)23-11-5-3-4-6-12-24-18-8-10-20(22)16(2)14-18/h7-10,13-14,21-22H,3-6,11-12H2,1-2H3. The Balaban J connectivity index is 1.53.